The minimum absolute atomic E-state index is 0.328. The monoisotopic (exact) mass is 200 g/mol. The highest BCUT2D eigenvalue weighted by Gasteiger charge is 2.07. The predicted octanol–water partition coefficient (Wildman–Crippen LogP) is 1.95. The third-order valence-electron chi connectivity index (χ3n) is 2.50. The van der Waals surface area contributed by atoms with E-state index in [1.807, 2.05) is 32.0 Å². The maximum atomic E-state index is 11.1. The lowest BCUT2D eigenvalue weighted by Crippen LogP contribution is -2.13. The van der Waals surface area contributed by atoms with E-state index in [1.54, 1.807) is 6.07 Å². The number of pyridine rings is 1. The van der Waals surface area contributed by atoms with Crippen molar-refractivity contribution in [2.45, 2.75) is 13.8 Å². The van der Waals surface area contributed by atoms with Gasteiger partial charge in [0.25, 0.3) is 5.91 Å². The second-order valence-corrected chi connectivity index (χ2v) is 3.66. The van der Waals surface area contributed by atoms with Gasteiger partial charge in [0.05, 0.1) is 5.52 Å². The maximum Gasteiger partial charge on any atom is 0.267 e. The SMILES string of the molecule is Cc1cc(C(N)=O)nc2c(C)cccc12. The first-order valence-electron chi connectivity index (χ1n) is 4.76. The zero-order valence-electron chi connectivity index (χ0n) is 8.74. The number of nitrogens with two attached hydrogens (primary N) is 1. The molecule has 0 radical (unpaired) electrons. The number of amides is 1. The third-order valence-corrected chi connectivity index (χ3v) is 2.50. The molecular formula is C12H12N2O. The number of fused-ring (bicyclic) bond motifs is 1. The Hall–Kier alpha value is -1.90. The van der Waals surface area contributed by atoms with Gasteiger partial charge >= 0.3 is 0 Å². The molecule has 1 amide bonds. The number of hydrogen-bond donors (Lipinski definition) is 1. The van der Waals surface area contributed by atoms with E-state index in [2.05, 4.69) is 4.98 Å². The van der Waals surface area contributed by atoms with Crippen LogP contribution in [0, 0.1) is 13.8 Å². The van der Waals surface area contributed by atoms with Gasteiger partial charge in [-0.15, -0.1) is 0 Å². The zero-order valence-corrected chi connectivity index (χ0v) is 8.74. The van der Waals surface area contributed by atoms with Gasteiger partial charge < -0.3 is 5.73 Å². The highest BCUT2D eigenvalue weighted by Crippen LogP contribution is 2.20. The van der Waals surface area contributed by atoms with E-state index >= 15 is 0 Å². The Morgan fingerprint density at radius 1 is 1.27 bits per heavy atom. The number of nitrogens with zero attached hydrogens (tertiary/aromatic N) is 1. The van der Waals surface area contributed by atoms with Gasteiger partial charge in [0, 0.05) is 5.39 Å². The summed E-state index contributed by atoms with van der Waals surface area (Å²) >= 11 is 0. The van der Waals surface area contributed by atoms with Crippen LogP contribution in [-0.4, -0.2) is 10.9 Å². The van der Waals surface area contributed by atoms with Gasteiger partial charge in [-0.05, 0) is 31.0 Å². The zero-order chi connectivity index (χ0) is 11.0. The van der Waals surface area contributed by atoms with Crippen LogP contribution in [0.1, 0.15) is 21.6 Å². The summed E-state index contributed by atoms with van der Waals surface area (Å²) in [6, 6.07) is 7.68. The molecule has 1 heterocycles. The number of aryl methyl sites for hydroxylation is 2. The largest absolute Gasteiger partial charge is 0.364 e. The summed E-state index contributed by atoms with van der Waals surface area (Å²) in [5, 5.41) is 1.07. The van der Waals surface area contributed by atoms with Gasteiger partial charge in [-0.1, -0.05) is 18.2 Å². The topological polar surface area (TPSA) is 56.0 Å². The van der Waals surface area contributed by atoms with Crippen LogP contribution in [0.25, 0.3) is 10.9 Å². The summed E-state index contributed by atoms with van der Waals surface area (Å²) in [4.78, 5) is 15.3. The number of carbonyl (C=O) groups is 1. The van der Waals surface area contributed by atoms with E-state index in [1.165, 1.54) is 0 Å². The number of benzene rings is 1. The number of primary amides is 1. The van der Waals surface area contributed by atoms with Crippen LogP contribution in [0.2, 0.25) is 0 Å². The summed E-state index contributed by atoms with van der Waals surface area (Å²) < 4.78 is 0. The minimum atomic E-state index is -0.483. The lowest BCUT2D eigenvalue weighted by molar-refractivity contribution is 0.0996. The van der Waals surface area contributed by atoms with Crippen molar-refractivity contribution in [1.82, 2.24) is 4.98 Å². The average Bonchev–Trinajstić information content (AvgIpc) is 2.19. The second-order valence-electron chi connectivity index (χ2n) is 3.66. The number of para-hydroxylation sites is 1. The molecular weight excluding hydrogens is 188 g/mol. The van der Waals surface area contributed by atoms with Gasteiger partial charge in [0.1, 0.15) is 5.69 Å². The van der Waals surface area contributed by atoms with Crippen molar-refractivity contribution in [2.24, 2.45) is 5.73 Å². The third kappa shape index (κ3) is 1.56. The normalized spacial score (nSPS) is 10.5. The van der Waals surface area contributed by atoms with Crippen molar-refractivity contribution in [3.8, 4) is 0 Å². The number of carbonyl (C=O) groups excluding carboxylic acids is 1. The summed E-state index contributed by atoms with van der Waals surface area (Å²) in [6.45, 7) is 3.93. The summed E-state index contributed by atoms with van der Waals surface area (Å²) in [5.41, 5.74) is 8.48. The molecule has 2 N–H and O–H groups in total. The molecule has 0 unspecified atom stereocenters. The first kappa shape index (κ1) is 9.65. The molecule has 0 atom stereocenters. The Labute approximate surface area is 87.9 Å². The van der Waals surface area contributed by atoms with E-state index in [4.69, 9.17) is 5.73 Å². The van der Waals surface area contributed by atoms with E-state index in [-0.39, 0.29) is 0 Å². The molecule has 0 aliphatic rings. The summed E-state index contributed by atoms with van der Waals surface area (Å²) in [5.74, 6) is -0.483. The molecule has 0 aliphatic heterocycles. The molecule has 0 saturated heterocycles. The number of rotatable bonds is 1. The average molecular weight is 200 g/mol. The number of hydrogen-bond acceptors (Lipinski definition) is 2. The summed E-state index contributed by atoms with van der Waals surface area (Å²) in [6.07, 6.45) is 0. The molecule has 0 bridgehead atoms. The molecule has 2 rings (SSSR count). The van der Waals surface area contributed by atoms with Gasteiger partial charge in [0.2, 0.25) is 0 Å². The van der Waals surface area contributed by atoms with Gasteiger partial charge in [-0.2, -0.15) is 0 Å². The lowest BCUT2D eigenvalue weighted by Gasteiger charge is -2.06. The second kappa shape index (κ2) is 3.35. The van der Waals surface area contributed by atoms with Crippen molar-refractivity contribution >= 4 is 16.8 Å². The van der Waals surface area contributed by atoms with Crippen LogP contribution in [0.5, 0.6) is 0 Å². The highest BCUT2D eigenvalue weighted by atomic mass is 16.1. The van der Waals surface area contributed by atoms with E-state index in [0.29, 0.717) is 5.69 Å². The molecule has 0 aliphatic carbocycles. The van der Waals surface area contributed by atoms with Gasteiger partial charge in [0.15, 0.2) is 0 Å². The fourth-order valence-corrected chi connectivity index (χ4v) is 1.69. The molecule has 1 aromatic heterocycles. The van der Waals surface area contributed by atoms with Crippen LogP contribution < -0.4 is 5.73 Å². The molecule has 15 heavy (non-hydrogen) atoms. The predicted molar refractivity (Wildman–Crippen MR) is 59.7 cm³/mol. The van der Waals surface area contributed by atoms with Gasteiger partial charge in [-0.25, -0.2) is 4.98 Å². The Morgan fingerprint density at radius 2 is 2.00 bits per heavy atom. The highest BCUT2D eigenvalue weighted by molar-refractivity contribution is 5.95. The van der Waals surface area contributed by atoms with Crippen molar-refractivity contribution < 1.29 is 4.79 Å². The van der Waals surface area contributed by atoms with Crippen LogP contribution >= 0.6 is 0 Å². The molecule has 76 valence electrons. The first-order valence-corrected chi connectivity index (χ1v) is 4.76. The number of aromatic nitrogens is 1. The van der Waals surface area contributed by atoms with E-state index in [9.17, 15) is 4.79 Å². The molecule has 3 nitrogen and oxygen atoms in total. The lowest BCUT2D eigenvalue weighted by atomic mass is 10.1. The fraction of sp³-hybridized carbons (Fsp3) is 0.167. The van der Waals surface area contributed by atoms with E-state index in [0.717, 1.165) is 22.0 Å². The van der Waals surface area contributed by atoms with Crippen molar-refractivity contribution in [1.29, 1.82) is 0 Å². The Balaban J connectivity index is 2.85. The van der Waals surface area contributed by atoms with E-state index < -0.39 is 5.91 Å². The standard InChI is InChI=1S/C12H12N2O/c1-7-4-3-5-9-8(2)6-10(12(13)15)14-11(7)9/h3-6H,1-2H3,(H2,13,15). The fourth-order valence-electron chi connectivity index (χ4n) is 1.69. The van der Waals surface area contributed by atoms with Crippen LogP contribution in [0.3, 0.4) is 0 Å². The Kier molecular flexibility index (Phi) is 2.15. The Morgan fingerprint density at radius 3 is 2.67 bits per heavy atom. The molecule has 0 spiro atoms. The minimum Gasteiger partial charge on any atom is -0.364 e. The summed E-state index contributed by atoms with van der Waals surface area (Å²) in [7, 11) is 0. The smallest absolute Gasteiger partial charge is 0.267 e. The van der Waals surface area contributed by atoms with Crippen LogP contribution in [0.15, 0.2) is 24.3 Å². The molecule has 0 saturated carbocycles. The van der Waals surface area contributed by atoms with Crippen molar-refractivity contribution in [3.05, 3.63) is 41.1 Å². The quantitative estimate of drug-likeness (QED) is 0.764. The molecule has 2 aromatic rings. The van der Waals surface area contributed by atoms with Crippen molar-refractivity contribution in [3.63, 3.8) is 0 Å². The molecule has 0 fully saturated rings. The first-order chi connectivity index (χ1) is 7.09. The molecule has 1 aromatic carbocycles. The van der Waals surface area contributed by atoms with Gasteiger partial charge in [-0.3, -0.25) is 4.79 Å². The van der Waals surface area contributed by atoms with Crippen LogP contribution in [-0.2, 0) is 0 Å². The molecule has 3 heteroatoms. The Bertz CT molecular complexity index is 547. The maximum absolute atomic E-state index is 11.1. The van der Waals surface area contributed by atoms with Crippen LogP contribution in [0.4, 0.5) is 0 Å². The van der Waals surface area contributed by atoms with Crippen molar-refractivity contribution in [2.75, 3.05) is 0 Å².